The maximum Gasteiger partial charge on any atom is 0.231 e. The average molecular weight is 527 g/mol. The molecule has 0 aliphatic carbocycles. The van der Waals surface area contributed by atoms with Crippen LogP contribution in [-0.4, -0.2) is 18.8 Å². The monoisotopic (exact) mass is 526 g/mol. The van der Waals surface area contributed by atoms with Crippen LogP contribution in [0.3, 0.4) is 0 Å². The van der Waals surface area contributed by atoms with E-state index in [1.165, 1.54) is 59.6 Å². The highest BCUT2D eigenvalue weighted by Gasteiger charge is 2.44. The number of nitrogens with zero attached hydrogens (tertiary/aromatic N) is 1. The van der Waals surface area contributed by atoms with Crippen molar-refractivity contribution >= 4 is 21.4 Å². The number of pyridine rings is 1. The van der Waals surface area contributed by atoms with Crippen LogP contribution < -0.4 is 4.57 Å². The number of thiophene rings is 1. The predicted molar refractivity (Wildman–Crippen MR) is 161 cm³/mol. The number of hydrogen-bond donors (Lipinski definition) is 1. The normalized spacial score (nSPS) is 17.1. The summed E-state index contributed by atoms with van der Waals surface area (Å²) in [6.45, 7) is 20.2. The Balaban J connectivity index is 1.84. The van der Waals surface area contributed by atoms with E-state index in [1.54, 1.807) is 7.11 Å². The number of aromatic nitrogens is 1. The van der Waals surface area contributed by atoms with E-state index in [-0.39, 0.29) is 23.1 Å². The van der Waals surface area contributed by atoms with Crippen LogP contribution in [0, 0.1) is 13.8 Å². The minimum atomic E-state index is -0.289. The van der Waals surface area contributed by atoms with E-state index in [9.17, 15) is 5.11 Å². The highest BCUT2D eigenvalue weighted by molar-refractivity contribution is 7.23. The van der Waals surface area contributed by atoms with E-state index >= 15 is 0 Å². The smallest absolute Gasteiger partial charge is 0.231 e. The number of ether oxygens (including phenoxy) is 1. The lowest BCUT2D eigenvalue weighted by Crippen LogP contribution is -2.49. The van der Waals surface area contributed by atoms with Gasteiger partial charge in [-0.25, -0.2) is 0 Å². The molecule has 4 heteroatoms. The molecule has 0 bridgehead atoms. The second-order valence-electron chi connectivity index (χ2n) is 12.2. The van der Waals surface area contributed by atoms with Crippen LogP contribution in [0.25, 0.3) is 31.8 Å². The van der Waals surface area contributed by atoms with Crippen molar-refractivity contribution in [1.82, 2.24) is 0 Å². The molecule has 4 aromatic rings. The van der Waals surface area contributed by atoms with Gasteiger partial charge in [-0.15, -0.1) is 11.3 Å². The summed E-state index contributed by atoms with van der Waals surface area (Å²) in [6.07, 6.45) is 2.15. The molecule has 5 rings (SSSR count). The summed E-state index contributed by atoms with van der Waals surface area (Å²) in [5.41, 5.74) is 10.2. The number of fused-ring (bicyclic) bond motifs is 5. The Hall–Kier alpha value is -2.95. The summed E-state index contributed by atoms with van der Waals surface area (Å²) < 4.78 is 9.19. The summed E-state index contributed by atoms with van der Waals surface area (Å²) in [7, 11) is 1.73. The van der Waals surface area contributed by atoms with Crippen LogP contribution in [0.4, 0.5) is 0 Å². The molecule has 0 saturated heterocycles. The van der Waals surface area contributed by atoms with Crippen molar-refractivity contribution in [1.29, 1.82) is 0 Å². The lowest BCUT2D eigenvalue weighted by molar-refractivity contribution is -0.711. The van der Waals surface area contributed by atoms with Gasteiger partial charge in [0.1, 0.15) is 4.70 Å². The van der Waals surface area contributed by atoms with Crippen molar-refractivity contribution < 1.29 is 14.4 Å². The quantitative estimate of drug-likeness (QED) is 0.208. The molecule has 38 heavy (non-hydrogen) atoms. The van der Waals surface area contributed by atoms with Crippen molar-refractivity contribution in [2.45, 2.75) is 71.8 Å². The van der Waals surface area contributed by atoms with Crippen LogP contribution in [0.15, 0.2) is 61.0 Å². The lowest BCUT2D eigenvalue weighted by atomic mass is 9.79. The molecule has 1 aliphatic heterocycles. The van der Waals surface area contributed by atoms with E-state index < -0.39 is 0 Å². The van der Waals surface area contributed by atoms with Gasteiger partial charge in [0.25, 0.3) is 0 Å². The fourth-order valence-corrected chi connectivity index (χ4v) is 7.83. The third-order valence-electron chi connectivity index (χ3n) is 7.97. The molecule has 0 radical (unpaired) electrons. The fraction of sp³-hybridized carbons (Fsp3) is 0.382. The number of benzene rings is 2. The van der Waals surface area contributed by atoms with E-state index in [0.717, 1.165) is 0 Å². The standard InChI is InChI=1S/C34H39NO2S/c1-19(2)28-25-14-15-35-30(22(5)36)27(18-37-9)29-21(4)16-20(3)17-26(29)31(35)33(25)38-32(28)23-10-12-24(13-11-23)34(6,7)8/h10-17,19,27,30H,5,18H2,1-4,6-9H3/p+1. The maximum atomic E-state index is 10.9. The van der Waals surface area contributed by atoms with Crippen molar-refractivity contribution in [2.75, 3.05) is 13.7 Å². The highest BCUT2D eigenvalue weighted by atomic mass is 32.1. The Morgan fingerprint density at radius 3 is 2.37 bits per heavy atom. The molecule has 2 atom stereocenters. The third-order valence-corrected chi connectivity index (χ3v) is 9.25. The van der Waals surface area contributed by atoms with E-state index in [4.69, 9.17) is 4.74 Å². The van der Waals surface area contributed by atoms with Gasteiger partial charge < -0.3 is 9.84 Å². The maximum absolute atomic E-state index is 10.9. The van der Waals surface area contributed by atoms with Gasteiger partial charge in [0.15, 0.2) is 12.0 Å². The number of methoxy groups -OCH3 is 1. The topological polar surface area (TPSA) is 33.3 Å². The van der Waals surface area contributed by atoms with Crippen LogP contribution in [-0.2, 0) is 10.2 Å². The van der Waals surface area contributed by atoms with Gasteiger partial charge in [0, 0.05) is 23.4 Å². The first-order valence-corrected chi connectivity index (χ1v) is 14.3. The fourth-order valence-electron chi connectivity index (χ4n) is 6.31. The molecule has 3 heterocycles. The Morgan fingerprint density at radius 2 is 1.79 bits per heavy atom. The Labute approximate surface area is 231 Å². The highest BCUT2D eigenvalue weighted by Crippen LogP contribution is 2.50. The minimum absolute atomic E-state index is 0.0167. The molecular weight excluding hydrogens is 486 g/mol. The van der Waals surface area contributed by atoms with Gasteiger partial charge in [-0.2, -0.15) is 4.57 Å². The molecular formula is C34H40NO2S+. The van der Waals surface area contributed by atoms with Gasteiger partial charge in [-0.1, -0.05) is 77.1 Å². The molecule has 2 unspecified atom stereocenters. The summed E-state index contributed by atoms with van der Waals surface area (Å²) in [4.78, 5) is 1.33. The van der Waals surface area contributed by atoms with Crippen molar-refractivity contribution in [3.63, 3.8) is 0 Å². The first-order chi connectivity index (χ1) is 17.9. The van der Waals surface area contributed by atoms with Crippen LogP contribution in [0.5, 0.6) is 0 Å². The molecule has 2 aromatic heterocycles. The molecule has 0 fully saturated rings. The number of aliphatic hydroxyl groups excluding tert-OH is 1. The number of rotatable bonds is 5. The minimum Gasteiger partial charge on any atom is -0.506 e. The van der Waals surface area contributed by atoms with E-state index in [1.807, 2.05) is 11.3 Å². The zero-order chi connectivity index (χ0) is 27.5. The molecule has 1 aliphatic rings. The van der Waals surface area contributed by atoms with E-state index in [0.29, 0.717) is 12.5 Å². The van der Waals surface area contributed by atoms with Gasteiger partial charge in [-0.05, 0) is 59.1 Å². The second kappa shape index (κ2) is 9.66. The zero-order valence-electron chi connectivity index (χ0n) is 24.0. The number of allylic oxidation sites excluding steroid dienone is 1. The molecule has 3 nitrogen and oxygen atoms in total. The van der Waals surface area contributed by atoms with Gasteiger partial charge >= 0.3 is 0 Å². The number of hydrogen-bond acceptors (Lipinski definition) is 3. The zero-order valence-corrected chi connectivity index (χ0v) is 24.8. The largest absolute Gasteiger partial charge is 0.506 e. The number of aliphatic hydroxyl groups is 1. The van der Waals surface area contributed by atoms with Gasteiger partial charge in [0.2, 0.25) is 11.7 Å². The first kappa shape index (κ1) is 26.6. The lowest BCUT2D eigenvalue weighted by Gasteiger charge is -2.31. The molecule has 0 amide bonds. The van der Waals surface area contributed by atoms with Crippen LogP contribution in [0.2, 0.25) is 0 Å². The van der Waals surface area contributed by atoms with Crippen molar-refractivity contribution in [3.05, 3.63) is 88.8 Å². The summed E-state index contributed by atoms with van der Waals surface area (Å²) in [5, 5.41) is 12.2. The predicted octanol–water partition coefficient (Wildman–Crippen LogP) is 8.92. The Morgan fingerprint density at radius 1 is 1.11 bits per heavy atom. The summed E-state index contributed by atoms with van der Waals surface area (Å²) >= 11 is 1.87. The van der Waals surface area contributed by atoms with Crippen molar-refractivity contribution in [3.8, 4) is 21.7 Å². The van der Waals surface area contributed by atoms with Crippen LogP contribution >= 0.6 is 11.3 Å². The van der Waals surface area contributed by atoms with Crippen LogP contribution in [0.1, 0.15) is 80.3 Å². The Bertz CT molecular complexity index is 1540. The second-order valence-corrected chi connectivity index (χ2v) is 13.2. The molecule has 198 valence electrons. The molecule has 0 saturated carbocycles. The Kier molecular flexibility index (Phi) is 6.77. The molecule has 1 N–H and O–H groups in total. The first-order valence-electron chi connectivity index (χ1n) is 13.5. The third kappa shape index (κ3) is 4.28. The van der Waals surface area contributed by atoms with E-state index in [2.05, 4.69) is 108 Å². The van der Waals surface area contributed by atoms with Gasteiger partial charge in [-0.3, -0.25) is 0 Å². The molecule has 0 spiro atoms. The SMILES string of the molecule is C=C(O)C1C(COC)c2c(C)cc(C)cc2-c2c3sc(-c4ccc(C(C)(C)C)cc4)c(C(C)C)c3cc[n+]21. The summed E-state index contributed by atoms with van der Waals surface area (Å²) in [6, 6.07) is 15.6. The van der Waals surface area contributed by atoms with Gasteiger partial charge in [0.05, 0.1) is 18.1 Å². The number of aryl methyl sites for hydroxylation is 2. The van der Waals surface area contributed by atoms with Crippen molar-refractivity contribution in [2.24, 2.45) is 0 Å². The average Bonchev–Trinajstić information content (AvgIpc) is 3.23. The summed E-state index contributed by atoms with van der Waals surface area (Å²) in [5.74, 6) is 0.523. The molecule has 2 aromatic carbocycles.